The standard InChI is InChI=1S/C18H14N6O4/c1-12(13-2-6-16(7-3-13)23(25)26)21-22-18-19-10-15(11-20-18)14-4-8-17(9-5-14)24(27)28/h2-11H,1H3,(H,19,20,22). The third-order valence-electron chi connectivity index (χ3n) is 3.88. The first-order valence-corrected chi connectivity index (χ1v) is 8.06. The van der Waals surface area contributed by atoms with Crippen LogP contribution in [0.2, 0.25) is 0 Å². The van der Waals surface area contributed by atoms with Crippen molar-refractivity contribution in [2.45, 2.75) is 6.92 Å². The fourth-order valence-corrected chi connectivity index (χ4v) is 2.33. The monoisotopic (exact) mass is 378 g/mol. The molecule has 140 valence electrons. The molecule has 0 aliphatic carbocycles. The maximum Gasteiger partial charge on any atom is 0.269 e. The summed E-state index contributed by atoms with van der Waals surface area (Å²) in [5.74, 6) is 0.270. The summed E-state index contributed by atoms with van der Waals surface area (Å²) in [4.78, 5) is 28.8. The number of anilines is 1. The molecule has 3 aromatic rings. The van der Waals surface area contributed by atoms with Crippen LogP contribution in [0.4, 0.5) is 17.3 Å². The fraction of sp³-hybridized carbons (Fsp3) is 0.0556. The maximum atomic E-state index is 10.7. The Morgan fingerprint density at radius 3 is 1.86 bits per heavy atom. The van der Waals surface area contributed by atoms with Crippen LogP contribution in [0, 0.1) is 20.2 Å². The molecule has 1 N–H and O–H groups in total. The van der Waals surface area contributed by atoms with E-state index in [9.17, 15) is 20.2 Å². The Morgan fingerprint density at radius 1 is 0.857 bits per heavy atom. The number of nitro benzene ring substituents is 2. The molecule has 0 unspecified atom stereocenters. The van der Waals surface area contributed by atoms with E-state index < -0.39 is 9.85 Å². The van der Waals surface area contributed by atoms with Crippen molar-refractivity contribution in [1.82, 2.24) is 9.97 Å². The van der Waals surface area contributed by atoms with Gasteiger partial charge in [0.1, 0.15) is 0 Å². The topological polar surface area (TPSA) is 136 Å². The van der Waals surface area contributed by atoms with E-state index in [1.165, 1.54) is 24.3 Å². The molecule has 0 saturated heterocycles. The Bertz CT molecular complexity index is 1030. The molecule has 0 atom stereocenters. The molecule has 0 aliphatic rings. The summed E-state index contributed by atoms with van der Waals surface area (Å²) in [6.07, 6.45) is 3.15. The van der Waals surface area contributed by atoms with E-state index in [0.29, 0.717) is 11.3 Å². The third kappa shape index (κ3) is 4.30. The minimum absolute atomic E-state index is 0.00896. The van der Waals surface area contributed by atoms with Gasteiger partial charge < -0.3 is 0 Å². The van der Waals surface area contributed by atoms with Crippen LogP contribution in [0.15, 0.2) is 66.0 Å². The Hall–Kier alpha value is -4.21. The molecule has 1 heterocycles. The fourth-order valence-electron chi connectivity index (χ4n) is 2.33. The van der Waals surface area contributed by atoms with Gasteiger partial charge in [-0.1, -0.05) is 0 Å². The van der Waals surface area contributed by atoms with Crippen LogP contribution >= 0.6 is 0 Å². The van der Waals surface area contributed by atoms with Crippen molar-refractivity contribution in [3.05, 3.63) is 86.7 Å². The molecule has 0 amide bonds. The number of non-ortho nitro benzene ring substituents is 2. The molecule has 0 radical (unpaired) electrons. The number of nitrogens with one attached hydrogen (secondary N) is 1. The lowest BCUT2D eigenvalue weighted by Gasteiger charge is -2.04. The largest absolute Gasteiger partial charge is 0.269 e. The molecule has 0 bridgehead atoms. The Kier molecular flexibility index (Phi) is 5.30. The van der Waals surface area contributed by atoms with Gasteiger partial charge in [-0.25, -0.2) is 15.4 Å². The minimum atomic E-state index is -0.463. The van der Waals surface area contributed by atoms with Crippen LogP contribution in [-0.2, 0) is 0 Å². The van der Waals surface area contributed by atoms with Crippen LogP contribution in [0.5, 0.6) is 0 Å². The predicted octanol–water partition coefficient (Wildman–Crippen LogP) is 3.80. The van der Waals surface area contributed by atoms with E-state index >= 15 is 0 Å². The lowest BCUT2D eigenvalue weighted by atomic mass is 10.1. The molecule has 3 rings (SSSR count). The average molecular weight is 378 g/mol. The van der Waals surface area contributed by atoms with Crippen LogP contribution < -0.4 is 5.43 Å². The second kappa shape index (κ2) is 7.99. The van der Waals surface area contributed by atoms with Crippen molar-refractivity contribution in [3.63, 3.8) is 0 Å². The van der Waals surface area contributed by atoms with Crippen molar-refractivity contribution in [2.75, 3.05) is 5.43 Å². The van der Waals surface area contributed by atoms with E-state index in [-0.39, 0.29) is 17.3 Å². The van der Waals surface area contributed by atoms with E-state index in [1.54, 1.807) is 43.6 Å². The van der Waals surface area contributed by atoms with Crippen molar-refractivity contribution < 1.29 is 9.85 Å². The van der Waals surface area contributed by atoms with Gasteiger partial charge in [-0.15, -0.1) is 0 Å². The number of hydrazone groups is 1. The van der Waals surface area contributed by atoms with E-state index in [1.807, 2.05) is 0 Å². The van der Waals surface area contributed by atoms with Crippen LogP contribution in [0.25, 0.3) is 11.1 Å². The molecule has 1 aromatic heterocycles. The number of hydrogen-bond acceptors (Lipinski definition) is 8. The highest BCUT2D eigenvalue weighted by Crippen LogP contribution is 2.21. The van der Waals surface area contributed by atoms with Gasteiger partial charge in [0.05, 0.1) is 15.6 Å². The normalized spacial score (nSPS) is 11.1. The molecule has 2 aromatic carbocycles. The summed E-state index contributed by atoms with van der Waals surface area (Å²) in [5, 5.41) is 25.6. The zero-order valence-corrected chi connectivity index (χ0v) is 14.6. The first-order chi connectivity index (χ1) is 13.4. The average Bonchev–Trinajstić information content (AvgIpc) is 2.72. The molecule has 28 heavy (non-hydrogen) atoms. The van der Waals surface area contributed by atoms with Gasteiger partial charge in [-0.3, -0.25) is 20.2 Å². The number of nitrogens with zero attached hydrogens (tertiary/aromatic N) is 5. The highest BCUT2D eigenvalue weighted by Gasteiger charge is 2.07. The molecule has 0 aliphatic heterocycles. The first-order valence-electron chi connectivity index (χ1n) is 8.06. The van der Waals surface area contributed by atoms with Crippen molar-refractivity contribution in [1.29, 1.82) is 0 Å². The van der Waals surface area contributed by atoms with Crippen molar-refractivity contribution in [2.24, 2.45) is 5.10 Å². The molecule has 0 fully saturated rings. The van der Waals surface area contributed by atoms with Crippen LogP contribution in [-0.4, -0.2) is 25.5 Å². The van der Waals surface area contributed by atoms with E-state index in [0.717, 1.165) is 11.1 Å². The number of aromatic nitrogens is 2. The number of benzene rings is 2. The second-order valence-corrected chi connectivity index (χ2v) is 5.71. The highest BCUT2D eigenvalue weighted by atomic mass is 16.6. The SMILES string of the molecule is CC(=NNc1ncc(-c2ccc([N+](=O)[O-])cc2)cn1)c1ccc([N+](=O)[O-])cc1. The van der Waals surface area contributed by atoms with E-state index in [2.05, 4.69) is 20.5 Å². The maximum absolute atomic E-state index is 10.7. The van der Waals surface area contributed by atoms with Crippen molar-refractivity contribution in [3.8, 4) is 11.1 Å². The molecule has 10 nitrogen and oxygen atoms in total. The second-order valence-electron chi connectivity index (χ2n) is 5.71. The number of rotatable bonds is 6. The summed E-state index contributed by atoms with van der Waals surface area (Å²) in [5.41, 5.74) is 5.54. The Balaban J connectivity index is 1.68. The van der Waals surface area contributed by atoms with Crippen molar-refractivity contribution >= 4 is 23.0 Å². The Morgan fingerprint density at radius 2 is 1.36 bits per heavy atom. The van der Waals surface area contributed by atoms with Gasteiger partial charge in [0, 0.05) is 42.2 Å². The third-order valence-corrected chi connectivity index (χ3v) is 3.88. The van der Waals surface area contributed by atoms with E-state index in [4.69, 9.17) is 0 Å². The summed E-state index contributed by atoms with van der Waals surface area (Å²) in [6.45, 7) is 1.75. The molecule has 0 spiro atoms. The van der Waals surface area contributed by atoms with Gasteiger partial charge in [-0.05, 0) is 42.3 Å². The summed E-state index contributed by atoms with van der Waals surface area (Å²) in [6, 6.07) is 12.1. The Labute approximate surface area is 158 Å². The van der Waals surface area contributed by atoms with Gasteiger partial charge in [-0.2, -0.15) is 5.10 Å². The van der Waals surface area contributed by atoms with Gasteiger partial charge in [0.2, 0.25) is 5.95 Å². The lowest BCUT2D eigenvalue weighted by Crippen LogP contribution is -2.02. The summed E-state index contributed by atoms with van der Waals surface area (Å²) < 4.78 is 0. The van der Waals surface area contributed by atoms with Crippen LogP contribution in [0.1, 0.15) is 12.5 Å². The van der Waals surface area contributed by atoms with Gasteiger partial charge in [0.15, 0.2) is 0 Å². The zero-order chi connectivity index (χ0) is 20.1. The minimum Gasteiger partial charge on any atom is -0.258 e. The van der Waals surface area contributed by atoms with Gasteiger partial charge in [0.25, 0.3) is 11.4 Å². The summed E-state index contributed by atoms with van der Waals surface area (Å²) in [7, 11) is 0. The molecule has 0 saturated carbocycles. The highest BCUT2D eigenvalue weighted by molar-refractivity contribution is 5.99. The lowest BCUT2D eigenvalue weighted by molar-refractivity contribution is -0.385. The predicted molar refractivity (Wildman–Crippen MR) is 103 cm³/mol. The van der Waals surface area contributed by atoms with Gasteiger partial charge >= 0.3 is 0 Å². The zero-order valence-electron chi connectivity index (χ0n) is 14.6. The molecular weight excluding hydrogens is 364 g/mol. The molecule has 10 heteroatoms. The summed E-state index contributed by atoms with van der Waals surface area (Å²) >= 11 is 0. The quantitative estimate of drug-likeness (QED) is 0.391. The van der Waals surface area contributed by atoms with Crippen LogP contribution in [0.3, 0.4) is 0 Å². The number of hydrogen-bond donors (Lipinski definition) is 1. The molecular formula is C18H14N6O4. The smallest absolute Gasteiger partial charge is 0.258 e. The number of nitro groups is 2. The first kappa shape index (κ1) is 18.6.